The second-order valence-electron chi connectivity index (χ2n) is 5.29. The van der Waals surface area contributed by atoms with Gasteiger partial charge in [0.15, 0.2) is 0 Å². The van der Waals surface area contributed by atoms with E-state index < -0.39 is 56.5 Å². The molecule has 0 saturated carbocycles. The SMILES string of the molecule is C=CC(N(C(C=C)P(=O)(O)O)[C@@H](CSSCC(N)C(=O)O)C(=O)O)P(=O)(O)O. The minimum atomic E-state index is -5.09. The second kappa shape index (κ2) is 11.5. The van der Waals surface area contributed by atoms with Crippen molar-refractivity contribution in [2.45, 2.75) is 23.6 Å². The lowest BCUT2D eigenvalue weighted by molar-refractivity contribution is -0.142. The summed E-state index contributed by atoms with van der Waals surface area (Å²) in [4.78, 5) is 60.9. The monoisotopic (exact) mass is 480 g/mol. The average molecular weight is 480 g/mol. The van der Waals surface area contributed by atoms with Gasteiger partial charge in [0.2, 0.25) is 0 Å². The number of carboxylic acid groups (broad SMARTS) is 2. The summed E-state index contributed by atoms with van der Waals surface area (Å²) in [6, 6.07) is -2.99. The molecule has 0 aromatic carbocycles. The summed E-state index contributed by atoms with van der Waals surface area (Å²) in [6.45, 7) is 6.44. The molecule has 0 saturated heterocycles. The summed E-state index contributed by atoms with van der Waals surface area (Å²) in [5, 5.41) is 18.2. The van der Waals surface area contributed by atoms with E-state index in [2.05, 4.69) is 13.2 Å². The number of nitrogens with two attached hydrogens (primary N) is 1. The molecule has 0 fully saturated rings. The molecule has 8 N–H and O–H groups in total. The van der Waals surface area contributed by atoms with Gasteiger partial charge in [-0.15, -0.1) is 13.2 Å². The van der Waals surface area contributed by atoms with Crippen molar-refractivity contribution >= 4 is 48.7 Å². The van der Waals surface area contributed by atoms with Crippen LogP contribution in [-0.4, -0.2) is 81.8 Å². The van der Waals surface area contributed by atoms with Crippen molar-refractivity contribution in [3.05, 3.63) is 25.3 Å². The molecule has 0 spiro atoms. The summed E-state index contributed by atoms with van der Waals surface area (Å²) >= 11 is 0. The summed E-state index contributed by atoms with van der Waals surface area (Å²) < 4.78 is 23.6. The van der Waals surface area contributed by atoms with Gasteiger partial charge in [-0.25, -0.2) is 0 Å². The Bertz CT molecular complexity index is 647. The number of nitrogens with zero attached hydrogens (tertiary/aromatic N) is 1. The molecule has 0 aromatic heterocycles. The van der Waals surface area contributed by atoms with Gasteiger partial charge >= 0.3 is 27.1 Å². The summed E-state index contributed by atoms with van der Waals surface area (Å²) in [7, 11) is -8.48. The van der Waals surface area contributed by atoms with Crippen LogP contribution < -0.4 is 5.73 Å². The van der Waals surface area contributed by atoms with E-state index in [-0.39, 0.29) is 5.75 Å². The van der Waals surface area contributed by atoms with Crippen molar-refractivity contribution in [2.75, 3.05) is 11.5 Å². The van der Waals surface area contributed by atoms with Crippen LogP contribution in [0, 0.1) is 0 Å². The molecule has 12 nitrogen and oxygen atoms in total. The van der Waals surface area contributed by atoms with Crippen LogP contribution in [0.3, 0.4) is 0 Å². The number of rotatable bonds is 14. The fourth-order valence-corrected chi connectivity index (χ4v) is 6.27. The molecule has 3 unspecified atom stereocenters. The first-order valence-electron chi connectivity index (χ1n) is 7.27. The van der Waals surface area contributed by atoms with E-state index in [1.54, 1.807) is 0 Å². The highest BCUT2D eigenvalue weighted by molar-refractivity contribution is 8.76. The minimum absolute atomic E-state index is 0.0981. The molecule has 0 radical (unpaired) electrons. The van der Waals surface area contributed by atoms with Gasteiger partial charge in [-0.2, -0.15) is 0 Å². The zero-order valence-corrected chi connectivity index (χ0v) is 17.8. The first kappa shape index (κ1) is 27.3. The van der Waals surface area contributed by atoms with Crippen LogP contribution in [0.2, 0.25) is 0 Å². The summed E-state index contributed by atoms with van der Waals surface area (Å²) in [5.41, 5.74) is 5.31. The van der Waals surface area contributed by atoms with Gasteiger partial charge in [-0.3, -0.25) is 23.6 Å². The van der Waals surface area contributed by atoms with Crippen molar-refractivity contribution < 1.29 is 48.5 Å². The Morgan fingerprint density at radius 3 is 1.61 bits per heavy atom. The van der Waals surface area contributed by atoms with E-state index in [4.69, 9.17) is 10.8 Å². The highest BCUT2D eigenvalue weighted by atomic mass is 33.1. The Balaban J connectivity index is 5.83. The van der Waals surface area contributed by atoms with Crippen LogP contribution in [0.1, 0.15) is 0 Å². The fraction of sp³-hybridized carbons (Fsp3) is 0.500. The van der Waals surface area contributed by atoms with E-state index in [1.807, 2.05) is 0 Å². The van der Waals surface area contributed by atoms with E-state index in [0.717, 1.165) is 21.6 Å². The van der Waals surface area contributed by atoms with Gasteiger partial charge in [0.05, 0.1) is 0 Å². The average Bonchev–Trinajstić information content (AvgIpc) is 2.51. The Kier molecular flexibility index (Phi) is 11.2. The lowest BCUT2D eigenvalue weighted by Gasteiger charge is -2.38. The van der Waals surface area contributed by atoms with Crippen LogP contribution in [-0.2, 0) is 18.7 Å². The van der Waals surface area contributed by atoms with Gasteiger partial charge in [0.25, 0.3) is 0 Å². The number of hydrogen-bond donors (Lipinski definition) is 7. The molecule has 0 heterocycles. The molecule has 4 atom stereocenters. The van der Waals surface area contributed by atoms with Crippen molar-refractivity contribution in [3.8, 4) is 0 Å². The van der Waals surface area contributed by atoms with Gasteiger partial charge in [-0.05, 0) is 0 Å². The van der Waals surface area contributed by atoms with Gasteiger partial charge in [0.1, 0.15) is 23.6 Å². The fourth-order valence-electron chi connectivity index (χ4n) is 1.98. The molecule has 28 heavy (non-hydrogen) atoms. The Morgan fingerprint density at radius 2 is 1.32 bits per heavy atom. The predicted molar refractivity (Wildman–Crippen MR) is 106 cm³/mol. The highest BCUT2D eigenvalue weighted by Crippen LogP contribution is 2.52. The first-order chi connectivity index (χ1) is 12.7. The maximum atomic E-state index is 11.8. The number of carboxylic acids is 2. The molecule has 162 valence electrons. The lowest BCUT2D eigenvalue weighted by Crippen LogP contribution is -2.52. The van der Waals surface area contributed by atoms with Gasteiger partial charge in [-0.1, -0.05) is 33.7 Å². The smallest absolute Gasteiger partial charge is 0.346 e. The zero-order valence-electron chi connectivity index (χ0n) is 14.3. The maximum Gasteiger partial charge on any atom is 0.346 e. The first-order valence-corrected chi connectivity index (χ1v) is 13.1. The maximum absolute atomic E-state index is 11.8. The van der Waals surface area contributed by atoms with Crippen LogP contribution in [0.15, 0.2) is 25.3 Å². The van der Waals surface area contributed by atoms with Crippen LogP contribution >= 0.6 is 36.8 Å². The van der Waals surface area contributed by atoms with Crippen LogP contribution in [0.5, 0.6) is 0 Å². The molecular formula is C12H22N2O10P2S2. The topological polar surface area (TPSA) is 219 Å². The third-order valence-corrected chi connectivity index (χ3v) is 8.00. The Labute approximate surface area is 168 Å². The van der Waals surface area contributed by atoms with Crippen molar-refractivity contribution in [3.63, 3.8) is 0 Å². The molecule has 0 aliphatic heterocycles. The van der Waals surface area contributed by atoms with Crippen molar-refractivity contribution in [1.29, 1.82) is 0 Å². The number of aliphatic carboxylic acids is 2. The third-order valence-electron chi connectivity index (χ3n) is 3.24. The normalized spacial score (nSPS) is 16.8. The number of carbonyl (C=O) groups is 2. The minimum Gasteiger partial charge on any atom is -0.480 e. The van der Waals surface area contributed by atoms with E-state index in [1.165, 1.54) is 0 Å². The molecule has 16 heteroatoms. The molecule has 0 amide bonds. The Morgan fingerprint density at radius 1 is 0.929 bits per heavy atom. The quantitative estimate of drug-likeness (QED) is 0.0748. The predicted octanol–water partition coefficient (Wildman–Crippen LogP) is -0.0855. The Hall–Kier alpha value is -0.660. The summed E-state index contributed by atoms with van der Waals surface area (Å²) in [5.74, 6) is -7.42. The molecule has 0 bridgehead atoms. The molecule has 0 aromatic rings. The largest absolute Gasteiger partial charge is 0.480 e. The van der Waals surface area contributed by atoms with Crippen molar-refractivity contribution in [2.24, 2.45) is 5.73 Å². The van der Waals surface area contributed by atoms with Crippen molar-refractivity contribution in [1.82, 2.24) is 4.90 Å². The van der Waals surface area contributed by atoms with E-state index in [0.29, 0.717) is 17.1 Å². The lowest BCUT2D eigenvalue weighted by atomic mass is 10.2. The standard InChI is InChI=1S/C12H22N2O10P2S2/c1-3-9(25(19,20)21)14(10(4-2)26(22,23)24)8(12(17)18)6-28-27-5-7(13)11(15)16/h3-4,7-10H,1-2,5-6,13H2,(H,15,16)(H,17,18)(H2,19,20,21)(H2,22,23,24)/t7?,8-,9?,10?/m0/s1. The van der Waals surface area contributed by atoms with E-state index in [9.17, 15) is 43.4 Å². The molecule has 0 aliphatic rings. The van der Waals surface area contributed by atoms with Crippen LogP contribution in [0.4, 0.5) is 0 Å². The second-order valence-corrected chi connectivity index (χ2v) is 11.3. The zero-order chi connectivity index (χ0) is 22.3. The van der Waals surface area contributed by atoms with Crippen LogP contribution in [0.25, 0.3) is 0 Å². The van der Waals surface area contributed by atoms with E-state index >= 15 is 0 Å². The number of hydrogen-bond acceptors (Lipinski definition) is 8. The highest BCUT2D eigenvalue weighted by Gasteiger charge is 2.47. The van der Waals surface area contributed by atoms with Gasteiger partial charge < -0.3 is 35.5 Å². The van der Waals surface area contributed by atoms with Gasteiger partial charge in [0, 0.05) is 11.5 Å². The molecule has 0 rings (SSSR count). The molecular weight excluding hydrogens is 458 g/mol. The third kappa shape index (κ3) is 8.37. The molecule has 0 aliphatic carbocycles. The summed E-state index contributed by atoms with van der Waals surface area (Å²) in [6.07, 6.45) is 1.39.